The van der Waals surface area contributed by atoms with E-state index in [2.05, 4.69) is 17.6 Å². The van der Waals surface area contributed by atoms with Gasteiger partial charge in [-0.25, -0.2) is 0 Å². The molecule has 2 amide bonds. The van der Waals surface area contributed by atoms with Crippen molar-refractivity contribution in [3.8, 4) is 0 Å². The molecule has 0 bridgehead atoms. The van der Waals surface area contributed by atoms with Gasteiger partial charge in [-0.05, 0) is 49.3 Å². The molecule has 3 rings (SSSR count). The van der Waals surface area contributed by atoms with Crippen LogP contribution in [0.25, 0.3) is 0 Å². The zero-order chi connectivity index (χ0) is 14.1. The molecule has 1 aromatic rings. The van der Waals surface area contributed by atoms with Crippen LogP contribution in [0, 0.1) is 5.92 Å². The Morgan fingerprint density at radius 1 is 1.25 bits per heavy atom. The predicted molar refractivity (Wildman–Crippen MR) is 77.7 cm³/mol. The molecule has 1 saturated carbocycles. The Hall–Kier alpha value is -1.84. The van der Waals surface area contributed by atoms with Crippen LogP contribution in [0.1, 0.15) is 48.5 Å². The lowest BCUT2D eigenvalue weighted by molar-refractivity contribution is -0.115. The fraction of sp³-hybridized carbons (Fsp3) is 0.500. The van der Waals surface area contributed by atoms with Crippen molar-refractivity contribution in [2.24, 2.45) is 5.92 Å². The summed E-state index contributed by atoms with van der Waals surface area (Å²) in [6.45, 7) is 2.27. The number of hydrogen-bond acceptors (Lipinski definition) is 2. The van der Waals surface area contributed by atoms with E-state index in [0.29, 0.717) is 18.0 Å². The van der Waals surface area contributed by atoms with Crippen molar-refractivity contribution in [1.82, 2.24) is 5.32 Å². The maximum Gasteiger partial charge on any atom is 0.251 e. The molecular formula is C16H20N2O2. The molecule has 20 heavy (non-hydrogen) atoms. The van der Waals surface area contributed by atoms with Gasteiger partial charge in [0.2, 0.25) is 5.91 Å². The van der Waals surface area contributed by atoms with Gasteiger partial charge >= 0.3 is 0 Å². The van der Waals surface area contributed by atoms with Gasteiger partial charge in [-0.2, -0.15) is 0 Å². The summed E-state index contributed by atoms with van der Waals surface area (Å²) in [4.78, 5) is 23.6. The molecule has 1 aromatic carbocycles. The van der Waals surface area contributed by atoms with Gasteiger partial charge < -0.3 is 10.6 Å². The second-order valence-corrected chi connectivity index (χ2v) is 6.03. The summed E-state index contributed by atoms with van der Waals surface area (Å²) in [6, 6.07) is 5.74. The fourth-order valence-corrected chi connectivity index (χ4v) is 3.03. The van der Waals surface area contributed by atoms with Crippen LogP contribution in [0.4, 0.5) is 5.69 Å². The number of carbonyl (C=O) groups is 2. The van der Waals surface area contributed by atoms with Crippen molar-refractivity contribution in [3.05, 3.63) is 29.3 Å². The molecule has 0 aromatic heterocycles. The Labute approximate surface area is 118 Å². The summed E-state index contributed by atoms with van der Waals surface area (Å²) in [5, 5.41) is 5.89. The van der Waals surface area contributed by atoms with Crippen LogP contribution in [0.2, 0.25) is 0 Å². The van der Waals surface area contributed by atoms with Crippen molar-refractivity contribution in [3.63, 3.8) is 0 Å². The third kappa shape index (κ3) is 2.69. The van der Waals surface area contributed by atoms with Crippen LogP contribution in [-0.4, -0.2) is 17.9 Å². The second kappa shape index (κ2) is 5.27. The number of amides is 2. The summed E-state index contributed by atoms with van der Waals surface area (Å²) >= 11 is 0. The zero-order valence-electron chi connectivity index (χ0n) is 11.7. The molecule has 106 valence electrons. The van der Waals surface area contributed by atoms with E-state index in [1.165, 1.54) is 12.8 Å². The van der Waals surface area contributed by atoms with Crippen LogP contribution in [-0.2, 0) is 11.2 Å². The standard InChI is InChI=1S/C16H20N2O2/c1-10-2-6-13(7-3-10)17-16(20)12-5-4-11-9-15(19)18-14(11)8-12/h4-5,8,10,13H,2-3,6-7,9H2,1H3,(H,17,20)(H,18,19). The molecule has 0 spiro atoms. The van der Waals surface area contributed by atoms with Gasteiger partial charge in [0.05, 0.1) is 6.42 Å². The Kier molecular flexibility index (Phi) is 3.47. The summed E-state index contributed by atoms with van der Waals surface area (Å²) in [6.07, 6.45) is 4.91. The first-order chi connectivity index (χ1) is 9.61. The van der Waals surface area contributed by atoms with Gasteiger partial charge in [0.1, 0.15) is 0 Å². The lowest BCUT2D eigenvalue weighted by Crippen LogP contribution is -2.37. The zero-order valence-corrected chi connectivity index (χ0v) is 11.7. The van der Waals surface area contributed by atoms with Gasteiger partial charge in [0.15, 0.2) is 0 Å². The minimum absolute atomic E-state index is 0.00109. The first kappa shape index (κ1) is 13.2. The number of rotatable bonds is 2. The molecule has 0 saturated heterocycles. The van der Waals surface area contributed by atoms with Gasteiger partial charge in [0, 0.05) is 17.3 Å². The highest BCUT2D eigenvalue weighted by atomic mass is 16.2. The van der Waals surface area contributed by atoms with E-state index in [9.17, 15) is 9.59 Å². The minimum atomic E-state index is -0.0338. The Bertz CT molecular complexity index is 545. The molecule has 0 radical (unpaired) electrons. The van der Waals surface area contributed by atoms with Gasteiger partial charge in [0.25, 0.3) is 5.91 Å². The van der Waals surface area contributed by atoms with Crippen LogP contribution in [0.3, 0.4) is 0 Å². The third-order valence-electron chi connectivity index (χ3n) is 4.35. The molecule has 1 aliphatic heterocycles. The highest BCUT2D eigenvalue weighted by Gasteiger charge is 2.22. The monoisotopic (exact) mass is 272 g/mol. The number of fused-ring (bicyclic) bond motifs is 1. The Balaban J connectivity index is 1.66. The molecule has 2 aliphatic rings. The fourth-order valence-electron chi connectivity index (χ4n) is 3.03. The lowest BCUT2D eigenvalue weighted by Gasteiger charge is -2.26. The molecular weight excluding hydrogens is 252 g/mol. The summed E-state index contributed by atoms with van der Waals surface area (Å²) < 4.78 is 0. The number of carbonyl (C=O) groups excluding carboxylic acids is 2. The summed E-state index contributed by atoms with van der Waals surface area (Å²) in [5.74, 6) is 0.741. The number of hydrogen-bond donors (Lipinski definition) is 2. The van der Waals surface area contributed by atoms with Crippen LogP contribution < -0.4 is 10.6 Å². The molecule has 0 unspecified atom stereocenters. The average molecular weight is 272 g/mol. The van der Waals surface area contributed by atoms with Crippen molar-refractivity contribution in [1.29, 1.82) is 0 Å². The molecule has 1 fully saturated rings. The smallest absolute Gasteiger partial charge is 0.251 e. The molecule has 0 atom stereocenters. The maximum absolute atomic E-state index is 12.3. The van der Waals surface area contributed by atoms with Crippen molar-refractivity contribution in [2.45, 2.75) is 45.1 Å². The van der Waals surface area contributed by atoms with Crippen LogP contribution in [0.5, 0.6) is 0 Å². The van der Waals surface area contributed by atoms with E-state index in [0.717, 1.165) is 30.0 Å². The lowest BCUT2D eigenvalue weighted by atomic mass is 9.87. The predicted octanol–water partition coefficient (Wildman–Crippen LogP) is 2.49. The van der Waals surface area contributed by atoms with E-state index in [-0.39, 0.29) is 11.8 Å². The molecule has 1 heterocycles. The molecule has 1 aliphatic carbocycles. The highest BCUT2D eigenvalue weighted by Crippen LogP contribution is 2.26. The number of benzene rings is 1. The van der Waals surface area contributed by atoms with Gasteiger partial charge in [-0.15, -0.1) is 0 Å². The Morgan fingerprint density at radius 2 is 2.00 bits per heavy atom. The quantitative estimate of drug-likeness (QED) is 0.869. The van der Waals surface area contributed by atoms with Crippen molar-refractivity contribution < 1.29 is 9.59 Å². The largest absolute Gasteiger partial charge is 0.349 e. The van der Waals surface area contributed by atoms with E-state index < -0.39 is 0 Å². The van der Waals surface area contributed by atoms with E-state index in [1.54, 1.807) is 12.1 Å². The first-order valence-corrected chi connectivity index (χ1v) is 7.35. The topological polar surface area (TPSA) is 58.2 Å². The van der Waals surface area contributed by atoms with E-state index >= 15 is 0 Å². The van der Waals surface area contributed by atoms with Crippen LogP contribution in [0.15, 0.2) is 18.2 Å². The normalized spacial score (nSPS) is 24.9. The van der Waals surface area contributed by atoms with Gasteiger partial charge in [-0.3, -0.25) is 9.59 Å². The van der Waals surface area contributed by atoms with E-state index in [1.807, 2.05) is 6.07 Å². The SMILES string of the molecule is CC1CCC(NC(=O)c2ccc3c(c2)NC(=O)C3)CC1. The Morgan fingerprint density at radius 3 is 2.75 bits per heavy atom. The van der Waals surface area contributed by atoms with Crippen molar-refractivity contribution >= 4 is 17.5 Å². The third-order valence-corrected chi connectivity index (χ3v) is 4.35. The minimum Gasteiger partial charge on any atom is -0.349 e. The highest BCUT2D eigenvalue weighted by molar-refractivity contribution is 6.02. The summed E-state index contributed by atoms with van der Waals surface area (Å²) in [7, 11) is 0. The number of nitrogens with one attached hydrogen (secondary N) is 2. The first-order valence-electron chi connectivity index (χ1n) is 7.35. The molecule has 4 nitrogen and oxygen atoms in total. The summed E-state index contributed by atoms with van der Waals surface area (Å²) in [5.41, 5.74) is 2.38. The van der Waals surface area contributed by atoms with E-state index in [4.69, 9.17) is 0 Å². The maximum atomic E-state index is 12.3. The number of anilines is 1. The molecule has 2 N–H and O–H groups in total. The second-order valence-electron chi connectivity index (χ2n) is 6.03. The van der Waals surface area contributed by atoms with Crippen LogP contribution >= 0.6 is 0 Å². The average Bonchev–Trinajstić information content (AvgIpc) is 2.80. The van der Waals surface area contributed by atoms with Crippen molar-refractivity contribution in [2.75, 3.05) is 5.32 Å². The van der Waals surface area contributed by atoms with Gasteiger partial charge in [-0.1, -0.05) is 13.0 Å². The molecule has 4 heteroatoms.